The van der Waals surface area contributed by atoms with Gasteiger partial charge in [0.25, 0.3) is 5.91 Å². The van der Waals surface area contributed by atoms with E-state index in [0.717, 1.165) is 42.3 Å². The molecule has 0 saturated heterocycles. The molecule has 190 valence electrons. The zero-order chi connectivity index (χ0) is 25.3. The van der Waals surface area contributed by atoms with E-state index in [9.17, 15) is 9.59 Å². The summed E-state index contributed by atoms with van der Waals surface area (Å²) < 4.78 is 13.2. The van der Waals surface area contributed by atoms with Crippen LogP contribution in [-0.2, 0) is 17.9 Å². The second-order valence-corrected chi connectivity index (χ2v) is 10.00. The van der Waals surface area contributed by atoms with Gasteiger partial charge in [-0.15, -0.1) is 0 Å². The third kappa shape index (κ3) is 4.18. The summed E-state index contributed by atoms with van der Waals surface area (Å²) in [6, 6.07) is 11.3. The van der Waals surface area contributed by atoms with E-state index in [0.29, 0.717) is 23.7 Å². The lowest BCUT2D eigenvalue weighted by Gasteiger charge is -2.44. The molecule has 1 saturated carbocycles. The quantitative estimate of drug-likeness (QED) is 0.521. The fourth-order valence-electron chi connectivity index (χ4n) is 5.62. The predicted octanol–water partition coefficient (Wildman–Crippen LogP) is 4.31. The van der Waals surface area contributed by atoms with E-state index in [1.165, 1.54) is 12.8 Å². The molecule has 8 nitrogen and oxygen atoms in total. The Morgan fingerprint density at radius 2 is 1.81 bits per heavy atom. The largest absolute Gasteiger partial charge is 0.496 e. The first-order valence-electron chi connectivity index (χ1n) is 12.7. The van der Waals surface area contributed by atoms with Gasteiger partial charge in [-0.3, -0.25) is 14.6 Å². The van der Waals surface area contributed by atoms with Crippen molar-refractivity contribution in [3.8, 4) is 11.5 Å². The van der Waals surface area contributed by atoms with Crippen LogP contribution in [-0.4, -0.2) is 52.1 Å². The Morgan fingerprint density at radius 3 is 2.47 bits per heavy atom. The Balaban J connectivity index is 1.60. The normalized spacial score (nSPS) is 20.6. The summed E-state index contributed by atoms with van der Waals surface area (Å²) in [7, 11) is 3.22. The minimum atomic E-state index is -1.12. The highest BCUT2D eigenvalue weighted by atomic mass is 16.5. The number of hydrogen-bond acceptors (Lipinski definition) is 5. The Labute approximate surface area is 211 Å². The molecule has 0 radical (unpaired) electrons. The highest BCUT2D eigenvalue weighted by molar-refractivity contribution is 6.05. The van der Waals surface area contributed by atoms with Gasteiger partial charge in [-0.25, -0.2) is 0 Å². The van der Waals surface area contributed by atoms with Gasteiger partial charge < -0.3 is 24.3 Å². The number of benzene rings is 1. The van der Waals surface area contributed by atoms with Crippen LogP contribution in [0.25, 0.3) is 10.9 Å². The Kier molecular flexibility index (Phi) is 6.60. The van der Waals surface area contributed by atoms with E-state index < -0.39 is 5.54 Å². The molecule has 8 heteroatoms. The molecular weight excluding hydrogens is 456 g/mol. The molecule has 1 N–H and O–H groups in total. The van der Waals surface area contributed by atoms with Crippen molar-refractivity contribution >= 4 is 22.7 Å². The summed E-state index contributed by atoms with van der Waals surface area (Å²) in [6.45, 7) is 2.40. The van der Waals surface area contributed by atoms with Gasteiger partial charge in [-0.1, -0.05) is 31.7 Å². The number of ether oxygens (including phenoxy) is 2. The van der Waals surface area contributed by atoms with E-state index in [4.69, 9.17) is 9.47 Å². The highest BCUT2D eigenvalue weighted by Crippen LogP contribution is 2.40. The van der Waals surface area contributed by atoms with Crippen molar-refractivity contribution in [2.24, 2.45) is 0 Å². The molecule has 0 bridgehead atoms. The van der Waals surface area contributed by atoms with Crippen molar-refractivity contribution in [3.05, 3.63) is 54.0 Å². The lowest BCUT2D eigenvalue weighted by Crippen LogP contribution is -2.64. The van der Waals surface area contributed by atoms with E-state index in [1.807, 2.05) is 47.9 Å². The molecule has 1 aliphatic carbocycles. The zero-order valence-corrected chi connectivity index (χ0v) is 21.3. The molecule has 1 aromatic carbocycles. The van der Waals surface area contributed by atoms with Gasteiger partial charge in [0.15, 0.2) is 0 Å². The van der Waals surface area contributed by atoms with E-state index in [1.54, 1.807) is 25.3 Å². The minimum absolute atomic E-state index is 0.126. The fraction of sp³-hybridized carbons (Fsp3) is 0.464. The van der Waals surface area contributed by atoms with Crippen molar-refractivity contribution < 1.29 is 19.1 Å². The maximum Gasteiger partial charge on any atom is 0.271 e. The number of carbonyl (C=O) groups is 2. The summed E-state index contributed by atoms with van der Waals surface area (Å²) in [4.78, 5) is 34.2. The van der Waals surface area contributed by atoms with Crippen LogP contribution in [0.5, 0.6) is 11.5 Å². The summed E-state index contributed by atoms with van der Waals surface area (Å²) >= 11 is 0. The van der Waals surface area contributed by atoms with Crippen molar-refractivity contribution in [2.75, 3.05) is 14.2 Å². The summed E-state index contributed by atoms with van der Waals surface area (Å²) in [5.74, 6) is 0.940. The maximum absolute atomic E-state index is 14.1. The van der Waals surface area contributed by atoms with Gasteiger partial charge in [0, 0.05) is 17.6 Å². The molecule has 0 unspecified atom stereocenters. The molecule has 1 fully saturated rings. The van der Waals surface area contributed by atoms with Gasteiger partial charge in [0.05, 0.1) is 38.5 Å². The van der Waals surface area contributed by atoms with Crippen LogP contribution in [0.3, 0.4) is 0 Å². The van der Waals surface area contributed by atoms with Gasteiger partial charge in [-0.05, 0) is 50.1 Å². The zero-order valence-electron chi connectivity index (χ0n) is 21.3. The second-order valence-electron chi connectivity index (χ2n) is 10.00. The Morgan fingerprint density at radius 1 is 1.08 bits per heavy atom. The Hall–Kier alpha value is -3.55. The number of hydrogen-bond donors (Lipinski definition) is 1. The molecular formula is C28H34N4O4. The first kappa shape index (κ1) is 24.2. The number of aromatic nitrogens is 2. The van der Waals surface area contributed by atoms with Crippen LogP contribution in [0, 0.1) is 0 Å². The van der Waals surface area contributed by atoms with Crippen molar-refractivity contribution in [1.29, 1.82) is 0 Å². The fourth-order valence-corrected chi connectivity index (χ4v) is 5.62. The number of methoxy groups -OCH3 is 2. The van der Waals surface area contributed by atoms with E-state index >= 15 is 0 Å². The topological polar surface area (TPSA) is 85.7 Å². The van der Waals surface area contributed by atoms with E-state index in [-0.39, 0.29) is 24.4 Å². The average molecular weight is 491 g/mol. The summed E-state index contributed by atoms with van der Waals surface area (Å²) in [5, 5.41) is 4.09. The third-order valence-corrected chi connectivity index (χ3v) is 7.67. The lowest BCUT2D eigenvalue weighted by molar-refractivity contribution is -0.134. The van der Waals surface area contributed by atoms with Crippen molar-refractivity contribution in [2.45, 2.75) is 70.1 Å². The first-order valence-corrected chi connectivity index (χ1v) is 12.7. The van der Waals surface area contributed by atoms with Crippen LogP contribution in [0.4, 0.5) is 0 Å². The number of amides is 2. The number of fused-ring (bicyclic) bond motifs is 3. The molecule has 3 aromatic rings. The molecule has 2 aliphatic rings. The average Bonchev–Trinajstić information content (AvgIpc) is 3.08. The van der Waals surface area contributed by atoms with Gasteiger partial charge in [0.2, 0.25) is 5.91 Å². The first-order chi connectivity index (χ1) is 17.5. The molecule has 2 amide bonds. The Bertz CT molecular complexity index is 1260. The highest BCUT2D eigenvalue weighted by Gasteiger charge is 2.48. The lowest BCUT2D eigenvalue weighted by atomic mass is 9.93. The number of pyridine rings is 1. The van der Waals surface area contributed by atoms with Crippen LogP contribution in [0.1, 0.15) is 61.6 Å². The predicted molar refractivity (Wildman–Crippen MR) is 137 cm³/mol. The maximum atomic E-state index is 14.1. The van der Waals surface area contributed by atoms with Gasteiger partial charge in [-0.2, -0.15) is 0 Å². The number of rotatable bonds is 6. The number of carbonyl (C=O) groups excluding carboxylic acids is 2. The second kappa shape index (κ2) is 9.84. The third-order valence-electron chi connectivity index (χ3n) is 7.67. The van der Waals surface area contributed by atoms with Gasteiger partial charge in [0.1, 0.15) is 22.7 Å². The van der Waals surface area contributed by atoms with Crippen LogP contribution < -0.4 is 14.8 Å². The summed E-state index contributed by atoms with van der Waals surface area (Å²) in [5.41, 5.74) is 0.877. The molecule has 3 heterocycles. The number of nitrogens with zero attached hydrogens (tertiary/aromatic N) is 3. The van der Waals surface area contributed by atoms with E-state index in [2.05, 4.69) is 10.3 Å². The monoisotopic (exact) mass is 490 g/mol. The van der Waals surface area contributed by atoms with Gasteiger partial charge >= 0.3 is 0 Å². The van der Waals surface area contributed by atoms with Crippen molar-refractivity contribution in [1.82, 2.24) is 19.8 Å². The van der Waals surface area contributed by atoms with Crippen molar-refractivity contribution in [3.63, 3.8) is 0 Å². The molecule has 1 aliphatic heterocycles. The smallest absolute Gasteiger partial charge is 0.271 e. The molecule has 0 spiro atoms. The van der Waals surface area contributed by atoms with Crippen LogP contribution >= 0.6 is 0 Å². The minimum Gasteiger partial charge on any atom is -0.496 e. The molecule has 36 heavy (non-hydrogen) atoms. The molecule has 5 rings (SSSR count). The number of nitrogens with one attached hydrogen (secondary N) is 1. The van der Waals surface area contributed by atoms with Crippen LogP contribution in [0.15, 0.2) is 42.6 Å². The molecule has 1 atom stereocenters. The van der Waals surface area contributed by atoms with Crippen LogP contribution in [0.2, 0.25) is 0 Å². The summed E-state index contributed by atoms with van der Waals surface area (Å²) in [6.07, 6.45) is 8.28. The SMILES string of the molecule is COc1ccc(OC)c2c1cc1n2C[C@@](C)(C(=O)NC2CCCCCC2)N(Cc2ccccn2)C1=O. The molecule has 2 aromatic heterocycles. The standard InChI is InChI=1S/C28H34N4O4/c1-28(27(34)30-19-10-6-4-5-7-11-19)18-31-22(26(33)32(28)17-20-12-8-9-15-29-20)16-21-23(35-2)13-14-24(36-3)25(21)31/h8-9,12-16,19H,4-7,10-11,17-18H2,1-3H3,(H,30,34)/t28-/m0/s1.